The van der Waals surface area contributed by atoms with E-state index < -0.39 is 27.7 Å². The van der Waals surface area contributed by atoms with Crippen LogP contribution in [0.2, 0.25) is 0 Å². The molecule has 3 N–H and O–H groups in total. The van der Waals surface area contributed by atoms with Crippen LogP contribution in [0, 0.1) is 0 Å². The Kier molecular flexibility index (Phi) is 5.05. The summed E-state index contributed by atoms with van der Waals surface area (Å²) in [5.41, 5.74) is -0.963. The minimum Gasteiger partial charge on any atom is -0.361 e. The Morgan fingerprint density at radius 2 is 1.15 bits per heavy atom. The second-order valence-corrected chi connectivity index (χ2v) is 8.79. The van der Waals surface area contributed by atoms with E-state index >= 15 is 0 Å². The zero-order chi connectivity index (χ0) is 24.1. The molecule has 5 rings (SSSR count). The smallest absolute Gasteiger partial charge is 0.361 e. The Morgan fingerprint density at radius 1 is 0.706 bits per heavy atom. The van der Waals surface area contributed by atoms with Crippen molar-refractivity contribution >= 4 is 32.2 Å². The molecule has 0 saturated heterocycles. The molecule has 0 saturated carbocycles. The largest absolute Gasteiger partial charge is 0.416 e. The Balaban J connectivity index is 1.91. The summed E-state index contributed by atoms with van der Waals surface area (Å²) >= 11 is 0. The first kappa shape index (κ1) is 22.2. The number of rotatable bonds is 5. The molecule has 2 aromatic heterocycles. The summed E-state index contributed by atoms with van der Waals surface area (Å²) in [6.07, 6.45) is -1.54. The van der Waals surface area contributed by atoms with Crippen molar-refractivity contribution in [3.63, 3.8) is 0 Å². The maximum absolute atomic E-state index is 13.3. The fourth-order valence-corrected chi connectivity index (χ4v) is 4.96. The van der Waals surface area contributed by atoms with E-state index in [-0.39, 0.29) is 5.56 Å². The normalized spacial score (nSPS) is 13.1. The zero-order valence-corrected chi connectivity index (χ0v) is 18.1. The molecule has 34 heavy (non-hydrogen) atoms. The van der Waals surface area contributed by atoms with Gasteiger partial charge in [-0.3, -0.25) is 4.55 Å². The molecule has 6 nitrogen and oxygen atoms in total. The molecule has 0 aliphatic carbocycles. The van der Waals surface area contributed by atoms with Gasteiger partial charge in [-0.1, -0.05) is 48.5 Å². The Hall–Kier alpha value is -3.60. The predicted molar refractivity (Wildman–Crippen MR) is 121 cm³/mol. The lowest BCUT2D eigenvalue weighted by Crippen LogP contribution is -2.35. The van der Waals surface area contributed by atoms with Crippen molar-refractivity contribution in [2.24, 2.45) is 0 Å². The second-order valence-electron chi connectivity index (χ2n) is 7.76. The third kappa shape index (κ3) is 3.65. The number of halogens is 3. The Bertz CT molecular complexity index is 1530. The maximum Gasteiger partial charge on any atom is 0.416 e. The van der Waals surface area contributed by atoms with Crippen LogP contribution < -0.4 is 0 Å². The number of aromatic amines is 2. The molecule has 5 aromatic rings. The number of H-pyrrole nitrogens is 2. The third-order valence-corrected chi connectivity index (χ3v) is 6.25. The molecule has 0 atom stereocenters. The van der Waals surface area contributed by atoms with Gasteiger partial charge in [0.2, 0.25) is 0 Å². The summed E-state index contributed by atoms with van der Waals surface area (Å²) in [5, 5.41) is 1.13. The van der Waals surface area contributed by atoms with E-state index in [9.17, 15) is 26.1 Å². The first-order chi connectivity index (χ1) is 16.1. The molecule has 0 aliphatic heterocycles. The molecule has 2 heterocycles. The van der Waals surface area contributed by atoms with Crippen molar-refractivity contribution in [2.45, 2.75) is 11.8 Å². The minimum absolute atomic E-state index is 0.0765. The molecule has 0 amide bonds. The van der Waals surface area contributed by atoms with Crippen LogP contribution in [-0.2, 0) is 26.4 Å². The first-order valence-electron chi connectivity index (χ1n) is 10.1. The molecule has 0 unspecified atom stereocenters. The van der Waals surface area contributed by atoms with Crippen LogP contribution in [0.15, 0.2) is 85.2 Å². The number of benzene rings is 3. The topological polar surface area (TPSA) is 95.2 Å². The van der Waals surface area contributed by atoms with Crippen LogP contribution in [0.1, 0.15) is 22.3 Å². The highest BCUT2D eigenvalue weighted by atomic mass is 32.3. The summed E-state index contributed by atoms with van der Waals surface area (Å²) in [6.45, 7) is 0. The molecule has 0 fully saturated rings. The minimum atomic E-state index is -5.11. The van der Waals surface area contributed by atoms with Crippen molar-refractivity contribution in [3.8, 4) is 0 Å². The van der Waals surface area contributed by atoms with Crippen molar-refractivity contribution in [1.82, 2.24) is 9.97 Å². The molecule has 174 valence electrons. The third-order valence-electron chi connectivity index (χ3n) is 5.79. The Morgan fingerprint density at radius 3 is 1.59 bits per heavy atom. The number of nitrogens with one attached hydrogen (secondary N) is 2. The summed E-state index contributed by atoms with van der Waals surface area (Å²) in [7, 11) is -5.11. The lowest BCUT2D eigenvalue weighted by Gasteiger charge is -2.33. The number of aromatic nitrogens is 2. The molecule has 10 heteroatoms. The van der Waals surface area contributed by atoms with Crippen LogP contribution in [-0.4, -0.2) is 22.9 Å². The number of alkyl halides is 3. The molecular weight excluding hydrogens is 469 g/mol. The molecule has 3 aromatic carbocycles. The fraction of sp³-hybridized carbons (Fsp3) is 0.0833. The van der Waals surface area contributed by atoms with Gasteiger partial charge in [-0.25, -0.2) is 4.18 Å². The van der Waals surface area contributed by atoms with E-state index in [1.807, 2.05) is 0 Å². The highest BCUT2D eigenvalue weighted by Gasteiger charge is 2.45. The average molecular weight is 486 g/mol. The second kappa shape index (κ2) is 7.73. The average Bonchev–Trinajstić information content (AvgIpc) is 3.42. The Labute approximate surface area is 192 Å². The van der Waals surface area contributed by atoms with Gasteiger partial charge in [-0.05, 0) is 29.8 Å². The first-order valence-corrected chi connectivity index (χ1v) is 11.4. The summed E-state index contributed by atoms with van der Waals surface area (Å²) < 4.78 is 79.6. The maximum atomic E-state index is 13.3. The van der Waals surface area contributed by atoms with Gasteiger partial charge in [0.05, 0.1) is 5.56 Å². The van der Waals surface area contributed by atoms with Gasteiger partial charge < -0.3 is 9.97 Å². The lowest BCUT2D eigenvalue weighted by molar-refractivity contribution is -0.137. The monoisotopic (exact) mass is 486 g/mol. The quantitative estimate of drug-likeness (QED) is 0.275. The number of fused-ring (bicyclic) bond motifs is 2. The van der Waals surface area contributed by atoms with Crippen LogP contribution in [0.5, 0.6) is 0 Å². The van der Waals surface area contributed by atoms with Gasteiger partial charge in [0.25, 0.3) is 0 Å². The van der Waals surface area contributed by atoms with Gasteiger partial charge in [0, 0.05) is 45.3 Å². The van der Waals surface area contributed by atoms with Crippen molar-refractivity contribution < 1.29 is 30.3 Å². The number of hydrogen-bond acceptors (Lipinski definition) is 3. The summed E-state index contributed by atoms with van der Waals surface area (Å²) in [5.74, 6) is 0. The molecular formula is C24H17F3N2O4S. The SMILES string of the molecule is O=S(=O)(O)OC(c1ccc(C(F)(F)F)cc1)(c1c[nH]c2ccccc12)c1c[nH]c2ccccc12. The van der Waals surface area contributed by atoms with Gasteiger partial charge in [-0.15, -0.1) is 0 Å². The highest BCUT2D eigenvalue weighted by Crippen LogP contribution is 2.47. The van der Waals surface area contributed by atoms with E-state index in [2.05, 4.69) is 9.97 Å². The summed E-state index contributed by atoms with van der Waals surface area (Å²) in [6, 6.07) is 18.0. The number of hydrogen-bond donors (Lipinski definition) is 3. The molecule has 0 bridgehead atoms. The van der Waals surface area contributed by atoms with Gasteiger partial charge in [0.15, 0.2) is 5.60 Å². The van der Waals surface area contributed by atoms with Crippen LogP contribution >= 0.6 is 0 Å². The van der Waals surface area contributed by atoms with Crippen LogP contribution in [0.3, 0.4) is 0 Å². The molecule has 0 spiro atoms. The van der Waals surface area contributed by atoms with E-state index in [1.54, 1.807) is 48.5 Å². The van der Waals surface area contributed by atoms with Crippen LogP contribution in [0.25, 0.3) is 21.8 Å². The number of para-hydroxylation sites is 2. The molecule has 0 aliphatic rings. The van der Waals surface area contributed by atoms with E-state index in [4.69, 9.17) is 4.18 Å². The van der Waals surface area contributed by atoms with Crippen LogP contribution in [0.4, 0.5) is 13.2 Å². The zero-order valence-electron chi connectivity index (χ0n) is 17.3. The van der Waals surface area contributed by atoms with Crippen molar-refractivity contribution in [2.75, 3.05) is 0 Å². The lowest BCUT2D eigenvalue weighted by atomic mass is 9.80. The predicted octanol–water partition coefficient (Wildman–Crippen LogP) is 5.78. The van der Waals surface area contributed by atoms with E-state index in [0.717, 1.165) is 24.3 Å². The van der Waals surface area contributed by atoms with E-state index in [1.165, 1.54) is 12.4 Å². The fourth-order valence-electron chi connectivity index (χ4n) is 4.37. The van der Waals surface area contributed by atoms with Gasteiger partial charge in [0.1, 0.15) is 0 Å². The standard InChI is InChI=1S/C24H17F3N2O4S/c25-24(26,27)16-11-9-15(10-12-16)23(33-34(30,31)32,19-13-28-21-7-3-1-5-17(19)21)20-14-29-22-8-4-2-6-18(20)22/h1-14,28-29H,(H,30,31,32). The van der Waals surface area contributed by atoms with Gasteiger partial charge in [-0.2, -0.15) is 21.6 Å². The van der Waals surface area contributed by atoms with Gasteiger partial charge >= 0.3 is 16.6 Å². The van der Waals surface area contributed by atoms with E-state index in [0.29, 0.717) is 32.9 Å². The summed E-state index contributed by atoms with van der Waals surface area (Å²) in [4.78, 5) is 6.10. The molecule has 0 radical (unpaired) electrons. The van der Waals surface area contributed by atoms with Crippen molar-refractivity contribution in [3.05, 3.63) is 107 Å². The highest BCUT2D eigenvalue weighted by molar-refractivity contribution is 7.80. The van der Waals surface area contributed by atoms with Crippen molar-refractivity contribution in [1.29, 1.82) is 0 Å².